The number of aromatic nitrogens is 1. The molecular formula is C35H51NO. The highest BCUT2D eigenvalue weighted by Gasteiger charge is 2.60. The Balaban J connectivity index is 1.23. The van der Waals surface area contributed by atoms with Gasteiger partial charge in [0.2, 0.25) is 0 Å². The van der Waals surface area contributed by atoms with E-state index in [0.29, 0.717) is 10.8 Å². The maximum Gasteiger partial charge on any atom is 0.119 e. The minimum absolute atomic E-state index is 0.437. The zero-order chi connectivity index (χ0) is 25.9. The molecule has 6 rings (SSSR count). The van der Waals surface area contributed by atoms with Crippen LogP contribution < -0.4 is 4.74 Å². The average Bonchev–Trinajstić information content (AvgIpc) is 3.22. The Kier molecular flexibility index (Phi) is 6.64. The van der Waals surface area contributed by atoms with E-state index >= 15 is 0 Å². The predicted molar refractivity (Wildman–Crippen MR) is 155 cm³/mol. The number of ether oxygens (including phenoxy) is 1. The third-order valence-electron chi connectivity index (χ3n) is 12.5. The zero-order valence-electron chi connectivity index (χ0n) is 24.5. The molecule has 0 N–H and O–H groups in total. The van der Waals surface area contributed by atoms with Gasteiger partial charge in [-0.2, -0.15) is 0 Å². The molecule has 0 saturated heterocycles. The fraction of sp³-hybridized carbons (Fsp3) is 0.743. The van der Waals surface area contributed by atoms with Crippen LogP contribution in [0.3, 0.4) is 0 Å². The standard InChI is InChI=1S/C35H51NO/c1-22(2)8-7-9-23(3)29-13-14-30-28-12-10-26-20-33-25(18-24-19-27(37-6)11-15-32(24)36-33)21-35(26,5)31(28)16-17-34(29,30)4/h11,15,18-19,22-23,26,28-31H,7-10,12-14,16-17,20-21H2,1-6H3/t23-,26+,28+,29-,30+,31+,34-,35+/m1/s1. The largest absolute Gasteiger partial charge is 0.497 e. The highest BCUT2D eigenvalue weighted by Crippen LogP contribution is 2.68. The molecule has 3 fully saturated rings. The minimum Gasteiger partial charge on any atom is -0.497 e. The molecule has 0 unspecified atom stereocenters. The minimum atomic E-state index is 0.437. The van der Waals surface area contributed by atoms with Crippen LogP contribution in [0.5, 0.6) is 5.75 Å². The maximum atomic E-state index is 5.52. The van der Waals surface area contributed by atoms with Crippen LogP contribution in [0.2, 0.25) is 0 Å². The van der Waals surface area contributed by atoms with Gasteiger partial charge in [0, 0.05) is 11.1 Å². The summed E-state index contributed by atoms with van der Waals surface area (Å²) >= 11 is 0. The highest BCUT2D eigenvalue weighted by atomic mass is 16.5. The number of rotatable bonds is 6. The van der Waals surface area contributed by atoms with Crippen molar-refractivity contribution in [1.29, 1.82) is 0 Å². The van der Waals surface area contributed by atoms with Crippen molar-refractivity contribution in [2.75, 3.05) is 7.11 Å². The van der Waals surface area contributed by atoms with E-state index in [0.717, 1.165) is 52.7 Å². The molecule has 1 aromatic carbocycles. The molecule has 0 bridgehead atoms. The molecule has 0 amide bonds. The van der Waals surface area contributed by atoms with E-state index in [9.17, 15) is 0 Å². The monoisotopic (exact) mass is 501 g/mol. The van der Waals surface area contributed by atoms with Gasteiger partial charge in [-0.3, -0.25) is 4.98 Å². The molecule has 2 nitrogen and oxygen atoms in total. The van der Waals surface area contributed by atoms with E-state index in [2.05, 4.69) is 58.9 Å². The van der Waals surface area contributed by atoms with Gasteiger partial charge < -0.3 is 4.74 Å². The van der Waals surface area contributed by atoms with Crippen molar-refractivity contribution in [2.45, 2.75) is 105 Å². The summed E-state index contributed by atoms with van der Waals surface area (Å²) < 4.78 is 5.52. The Bertz CT molecular complexity index is 1140. The second-order valence-corrected chi connectivity index (χ2v) is 14.7. The van der Waals surface area contributed by atoms with Crippen LogP contribution in [0.15, 0.2) is 24.3 Å². The predicted octanol–water partition coefficient (Wildman–Crippen LogP) is 9.28. The van der Waals surface area contributed by atoms with Gasteiger partial charge in [-0.1, -0.05) is 53.9 Å². The number of fused-ring (bicyclic) bond motifs is 7. The van der Waals surface area contributed by atoms with Crippen LogP contribution in [-0.2, 0) is 12.8 Å². The molecule has 37 heavy (non-hydrogen) atoms. The molecule has 202 valence electrons. The van der Waals surface area contributed by atoms with Crippen LogP contribution >= 0.6 is 0 Å². The quantitative estimate of drug-likeness (QED) is 0.393. The summed E-state index contributed by atoms with van der Waals surface area (Å²) in [6.07, 6.45) is 15.5. The van der Waals surface area contributed by atoms with Crippen LogP contribution in [-0.4, -0.2) is 12.1 Å². The summed E-state index contributed by atoms with van der Waals surface area (Å²) in [7, 11) is 1.76. The van der Waals surface area contributed by atoms with Gasteiger partial charge in [-0.05, 0) is 133 Å². The number of hydrogen-bond acceptors (Lipinski definition) is 2. The number of benzene rings is 1. The van der Waals surface area contributed by atoms with E-state index in [1.165, 1.54) is 87.3 Å². The van der Waals surface area contributed by atoms with E-state index in [4.69, 9.17) is 9.72 Å². The molecular weight excluding hydrogens is 450 g/mol. The molecule has 2 heteroatoms. The van der Waals surface area contributed by atoms with Crippen molar-refractivity contribution in [3.63, 3.8) is 0 Å². The summed E-state index contributed by atoms with van der Waals surface area (Å²) in [4.78, 5) is 5.19. The maximum absolute atomic E-state index is 5.52. The van der Waals surface area contributed by atoms with Crippen molar-refractivity contribution in [3.05, 3.63) is 35.5 Å². The lowest BCUT2D eigenvalue weighted by Crippen LogP contribution is -2.54. The van der Waals surface area contributed by atoms with Crippen molar-refractivity contribution in [1.82, 2.24) is 4.98 Å². The highest BCUT2D eigenvalue weighted by molar-refractivity contribution is 5.81. The fourth-order valence-corrected chi connectivity index (χ4v) is 10.5. The second-order valence-electron chi connectivity index (χ2n) is 14.7. The van der Waals surface area contributed by atoms with E-state index in [1.807, 2.05) is 0 Å². The van der Waals surface area contributed by atoms with E-state index in [1.54, 1.807) is 7.11 Å². The third kappa shape index (κ3) is 4.24. The van der Waals surface area contributed by atoms with Gasteiger partial charge in [-0.25, -0.2) is 0 Å². The van der Waals surface area contributed by atoms with Gasteiger partial charge >= 0.3 is 0 Å². The average molecular weight is 502 g/mol. The third-order valence-corrected chi connectivity index (χ3v) is 12.5. The second kappa shape index (κ2) is 9.56. The molecule has 0 spiro atoms. The molecule has 3 saturated carbocycles. The lowest BCUT2D eigenvalue weighted by atomic mass is 9.44. The summed E-state index contributed by atoms with van der Waals surface area (Å²) in [6, 6.07) is 8.83. The SMILES string of the molecule is COc1ccc2nc3c(cc2c1)C[C@@]1(C)[C@@H](CC[C@@H]2[C@@H]1CC[C@]1(C)[C@@H]([C@H](C)CCCC(C)C)CC[C@@H]21)C3. The van der Waals surface area contributed by atoms with Crippen molar-refractivity contribution < 1.29 is 4.74 Å². The number of hydrogen-bond donors (Lipinski definition) is 0. The Morgan fingerprint density at radius 2 is 1.76 bits per heavy atom. The fourth-order valence-electron chi connectivity index (χ4n) is 10.5. The van der Waals surface area contributed by atoms with Gasteiger partial charge in [0.1, 0.15) is 5.75 Å². The van der Waals surface area contributed by atoms with Crippen molar-refractivity contribution in [3.8, 4) is 5.75 Å². The van der Waals surface area contributed by atoms with E-state index in [-0.39, 0.29) is 0 Å². The van der Waals surface area contributed by atoms with Crippen LogP contribution in [0.4, 0.5) is 0 Å². The Labute approximate surface area is 226 Å². The molecule has 4 aliphatic carbocycles. The van der Waals surface area contributed by atoms with Crippen molar-refractivity contribution >= 4 is 10.9 Å². The smallest absolute Gasteiger partial charge is 0.119 e. The van der Waals surface area contributed by atoms with Gasteiger partial charge in [-0.15, -0.1) is 0 Å². The lowest BCUT2D eigenvalue weighted by molar-refractivity contribution is -0.103. The molecule has 1 heterocycles. The molecule has 0 aliphatic heterocycles. The summed E-state index contributed by atoms with van der Waals surface area (Å²) in [5, 5.41) is 1.24. The lowest BCUT2D eigenvalue weighted by Gasteiger charge is -2.60. The van der Waals surface area contributed by atoms with Gasteiger partial charge in [0.15, 0.2) is 0 Å². The first-order valence-electron chi connectivity index (χ1n) is 15.7. The normalized spacial score (nSPS) is 37.5. The molecule has 2 aromatic rings. The Morgan fingerprint density at radius 1 is 0.946 bits per heavy atom. The number of methoxy groups -OCH3 is 1. The summed E-state index contributed by atoms with van der Waals surface area (Å²) in [5.74, 6) is 7.25. The van der Waals surface area contributed by atoms with Crippen molar-refractivity contribution in [2.24, 2.45) is 52.3 Å². The van der Waals surface area contributed by atoms with Crippen LogP contribution in [0.1, 0.15) is 104 Å². The first kappa shape index (κ1) is 25.7. The zero-order valence-corrected chi connectivity index (χ0v) is 24.5. The summed E-state index contributed by atoms with van der Waals surface area (Å²) in [6.45, 7) is 12.8. The topological polar surface area (TPSA) is 22.1 Å². The van der Waals surface area contributed by atoms with Gasteiger partial charge in [0.25, 0.3) is 0 Å². The number of nitrogens with zero attached hydrogens (tertiary/aromatic N) is 1. The number of pyridine rings is 1. The molecule has 8 atom stereocenters. The van der Waals surface area contributed by atoms with Crippen LogP contribution in [0, 0.1) is 52.3 Å². The Hall–Kier alpha value is -1.57. The summed E-state index contributed by atoms with van der Waals surface area (Å²) in [5.41, 5.74) is 5.06. The van der Waals surface area contributed by atoms with E-state index < -0.39 is 0 Å². The molecule has 0 radical (unpaired) electrons. The molecule has 4 aliphatic rings. The first-order chi connectivity index (χ1) is 17.7. The van der Waals surface area contributed by atoms with Gasteiger partial charge in [0.05, 0.1) is 12.6 Å². The first-order valence-corrected chi connectivity index (χ1v) is 15.7. The molecule has 1 aromatic heterocycles. The Morgan fingerprint density at radius 3 is 2.54 bits per heavy atom. The van der Waals surface area contributed by atoms with Crippen LogP contribution in [0.25, 0.3) is 10.9 Å².